The fourth-order valence-electron chi connectivity index (χ4n) is 4.69. The molecule has 7 nitrogen and oxygen atoms in total. The van der Waals surface area contributed by atoms with Crippen LogP contribution >= 0.6 is 0 Å². The van der Waals surface area contributed by atoms with Crippen LogP contribution in [0.4, 0.5) is 0 Å². The molecule has 0 bridgehead atoms. The fraction of sp³-hybridized carbons (Fsp3) is 0.833. The highest BCUT2D eigenvalue weighted by molar-refractivity contribution is 5.79. The molecule has 1 aromatic heterocycles. The summed E-state index contributed by atoms with van der Waals surface area (Å²) in [5.74, 6) is 0.283. The highest BCUT2D eigenvalue weighted by Gasteiger charge is 2.37. The van der Waals surface area contributed by atoms with Gasteiger partial charge in [0.2, 0.25) is 5.91 Å². The molecule has 2 aliphatic heterocycles. The van der Waals surface area contributed by atoms with Crippen molar-refractivity contribution in [1.29, 1.82) is 0 Å². The molecule has 7 heteroatoms. The van der Waals surface area contributed by atoms with Gasteiger partial charge in [0, 0.05) is 12.6 Å². The standard InChI is InChI=1S/C18H29N5O2/c24-18(23-9-10-25-17-7-2-1-6-16(17)23)12-21-8-4-3-5-15(21)11-22-14-19-13-20-22/h13-17H,1-12H2. The van der Waals surface area contributed by atoms with Gasteiger partial charge in [-0.2, -0.15) is 5.10 Å². The van der Waals surface area contributed by atoms with E-state index in [1.807, 2.05) is 4.68 Å². The first kappa shape index (κ1) is 17.0. The smallest absolute Gasteiger partial charge is 0.237 e. The van der Waals surface area contributed by atoms with Crippen molar-refractivity contribution in [2.24, 2.45) is 0 Å². The molecule has 1 aliphatic carbocycles. The number of hydrogen-bond donors (Lipinski definition) is 0. The van der Waals surface area contributed by atoms with E-state index in [1.165, 1.54) is 25.7 Å². The monoisotopic (exact) mass is 347 g/mol. The van der Waals surface area contributed by atoms with Crippen LogP contribution in [0.5, 0.6) is 0 Å². The van der Waals surface area contributed by atoms with E-state index in [2.05, 4.69) is 19.9 Å². The highest BCUT2D eigenvalue weighted by atomic mass is 16.5. The van der Waals surface area contributed by atoms with E-state index < -0.39 is 0 Å². The third kappa shape index (κ3) is 3.87. The summed E-state index contributed by atoms with van der Waals surface area (Å²) in [6, 6.07) is 0.677. The predicted octanol–water partition coefficient (Wildman–Crippen LogP) is 1.30. The summed E-state index contributed by atoms with van der Waals surface area (Å²) in [7, 11) is 0. The second-order valence-corrected chi connectivity index (χ2v) is 7.59. The molecule has 2 saturated heterocycles. The third-order valence-electron chi connectivity index (χ3n) is 6.00. The first-order valence-electron chi connectivity index (χ1n) is 9.79. The molecule has 4 rings (SSSR count). The quantitative estimate of drug-likeness (QED) is 0.822. The predicted molar refractivity (Wildman–Crippen MR) is 92.9 cm³/mol. The zero-order valence-electron chi connectivity index (χ0n) is 14.9. The second-order valence-electron chi connectivity index (χ2n) is 7.59. The number of likely N-dealkylation sites (tertiary alicyclic amines) is 1. The zero-order chi connectivity index (χ0) is 17.1. The SMILES string of the molecule is O=C(CN1CCCCC1Cn1cncn1)N1CCOC2CCCCC21. The van der Waals surface area contributed by atoms with Gasteiger partial charge in [0.1, 0.15) is 12.7 Å². The van der Waals surface area contributed by atoms with Gasteiger partial charge >= 0.3 is 0 Å². The lowest BCUT2D eigenvalue weighted by Crippen LogP contribution is -2.57. The van der Waals surface area contributed by atoms with Crippen LogP contribution in [-0.4, -0.2) is 74.9 Å². The van der Waals surface area contributed by atoms with Gasteiger partial charge in [0.25, 0.3) is 0 Å². The van der Waals surface area contributed by atoms with Crippen LogP contribution in [-0.2, 0) is 16.1 Å². The average molecular weight is 347 g/mol. The first-order valence-corrected chi connectivity index (χ1v) is 9.79. The summed E-state index contributed by atoms with van der Waals surface area (Å²) in [4.78, 5) is 21.6. The van der Waals surface area contributed by atoms with Crippen molar-refractivity contribution in [3.8, 4) is 0 Å². The molecule has 138 valence electrons. The fourth-order valence-corrected chi connectivity index (χ4v) is 4.69. The molecule has 1 saturated carbocycles. The molecule has 0 spiro atoms. The van der Waals surface area contributed by atoms with E-state index in [0.717, 1.165) is 38.9 Å². The van der Waals surface area contributed by atoms with E-state index in [0.29, 0.717) is 25.2 Å². The van der Waals surface area contributed by atoms with Gasteiger partial charge in [0.15, 0.2) is 0 Å². The number of amides is 1. The number of carbonyl (C=O) groups excluding carboxylic acids is 1. The maximum absolute atomic E-state index is 13.1. The minimum atomic E-state index is 0.263. The molecular weight excluding hydrogens is 318 g/mol. The van der Waals surface area contributed by atoms with Gasteiger partial charge in [0.05, 0.1) is 31.8 Å². The number of fused-ring (bicyclic) bond motifs is 1. The summed E-state index contributed by atoms with van der Waals surface area (Å²) >= 11 is 0. The van der Waals surface area contributed by atoms with E-state index in [-0.39, 0.29) is 12.0 Å². The lowest BCUT2D eigenvalue weighted by Gasteiger charge is -2.45. The van der Waals surface area contributed by atoms with E-state index in [9.17, 15) is 4.79 Å². The van der Waals surface area contributed by atoms with Crippen LogP contribution < -0.4 is 0 Å². The Morgan fingerprint density at radius 3 is 2.88 bits per heavy atom. The van der Waals surface area contributed by atoms with Crippen molar-refractivity contribution in [2.75, 3.05) is 26.2 Å². The Bertz CT molecular complexity index is 562. The minimum Gasteiger partial charge on any atom is -0.374 e. The number of nitrogens with zero attached hydrogens (tertiary/aromatic N) is 5. The molecule has 25 heavy (non-hydrogen) atoms. The molecule has 0 N–H and O–H groups in total. The molecule has 3 atom stereocenters. The first-order chi connectivity index (χ1) is 12.3. The number of ether oxygens (including phenoxy) is 1. The molecule has 1 amide bonds. The number of aromatic nitrogens is 3. The normalized spacial score (nSPS) is 30.9. The maximum Gasteiger partial charge on any atom is 0.237 e. The topological polar surface area (TPSA) is 63.5 Å². The molecular formula is C18H29N5O2. The minimum absolute atomic E-state index is 0.263. The van der Waals surface area contributed by atoms with E-state index >= 15 is 0 Å². The molecule has 0 aromatic carbocycles. The summed E-state index contributed by atoms with van der Waals surface area (Å²) < 4.78 is 7.81. The van der Waals surface area contributed by atoms with Gasteiger partial charge in [-0.05, 0) is 32.2 Å². The molecule has 3 aliphatic rings. The van der Waals surface area contributed by atoms with Gasteiger partial charge in [-0.15, -0.1) is 0 Å². The third-order valence-corrected chi connectivity index (χ3v) is 6.00. The highest BCUT2D eigenvalue weighted by Crippen LogP contribution is 2.29. The van der Waals surface area contributed by atoms with Gasteiger partial charge in [-0.3, -0.25) is 14.4 Å². The lowest BCUT2D eigenvalue weighted by atomic mass is 9.90. The summed E-state index contributed by atoms with van der Waals surface area (Å²) in [5, 5.41) is 4.23. The van der Waals surface area contributed by atoms with E-state index in [4.69, 9.17) is 4.74 Å². The second kappa shape index (κ2) is 7.83. The molecule has 1 aromatic rings. The van der Waals surface area contributed by atoms with Crippen molar-refractivity contribution >= 4 is 5.91 Å². The van der Waals surface area contributed by atoms with E-state index in [1.54, 1.807) is 12.7 Å². The van der Waals surface area contributed by atoms with Crippen molar-refractivity contribution in [1.82, 2.24) is 24.6 Å². The maximum atomic E-state index is 13.1. The molecule has 3 fully saturated rings. The van der Waals surface area contributed by atoms with Crippen LogP contribution in [0.2, 0.25) is 0 Å². The van der Waals surface area contributed by atoms with Crippen LogP contribution in [0, 0.1) is 0 Å². The Hall–Kier alpha value is -1.47. The number of morpholine rings is 1. The van der Waals surface area contributed by atoms with Crippen molar-refractivity contribution < 1.29 is 9.53 Å². The summed E-state index contributed by atoms with van der Waals surface area (Å²) in [6.45, 7) is 3.80. The number of carbonyl (C=O) groups is 1. The van der Waals surface area contributed by atoms with Crippen LogP contribution in [0.15, 0.2) is 12.7 Å². The molecule has 3 heterocycles. The van der Waals surface area contributed by atoms with Gasteiger partial charge < -0.3 is 9.64 Å². The Kier molecular flexibility index (Phi) is 5.31. The Balaban J connectivity index is 1.39. The van der Waals surface area contributed by atoms with Crippen LogP contribution in [0.3, 0.4) is 0 Å². The molecule has 3 unspecified atom stereocenters. The van der Waals surface area contributed by atoms with Crippen molar-refractivity contribution in [3.05, 3.63) is 12.7 Å². The number of hydrogen-bond acceptors (Lipinski definition) is 5. The Morgan fingerprint density at radius 2 is 2.00 bits per heavy atom. The van der Waals surface area contributed by atoms with Gasteiger partial charge in [-0.25, -0.2) is 4.98 Å². The van der Waals surface area contributed by atoms with Crippen molar-refractivity contribution in [2.45, 2.75) is 69.7 Å². The Labute approximate surface area is 149 Å². The largest absolute Gasteiger partial charge is 0.374 e. The zero-order valence-corrected chi connectivity index (χ0v) is 14.9. The van der Waals surface area contributed by atoms with Crippen LogP contribution in [0.25, 0.3) is 0 Å². The number of piperidine rings is 1. The molecule has 0 radical (unpaired) electrons. The van der Waals surface area contributed by atoms with Crippen molar-refractivity contribution in [3.63, 3.8) is 0 Å². The average Bonchev–Trinajstić information content (AvgIpc) is 3.16. The summed E-state index contributed by atoms with van der Waals surface area (Å²) in [6.07, 6.45) is 11.8. The lowest BCUT2D eigenvalue weighted by molar-refractivity contribution is -0.151. The Morgan fingerprint density at radius 1 is 1.12 bits per heavy atom. The van der Waals surface area contributed by atoms with Gasteiger partial charge in [-0.1, -0.05) is 19.3 Å². The van der Waals surface area contributed by atoms with Crippen LogP contribution in [0.1, 0.15) is 44.9 Å². The number of rotatable bonds is 4. The summed E-state index contributed by atoms with van der Waals surface area (Å²) in [5.41, 5.74) is 0.